The number of rotatable bonds is 5. The maximum absolute atomic E-state index is 12.1. The number of hydrogen-bond donors (Lipinski definition) is 3. The quantitative estimate of drug-likeness (QED) is 0.762. The number of likely N-dealkylation sites (N-methyl/N-ethyl adjacent to an activating group) is 2. The highest BCUT2D eigenvalue weighted by atomic mass is 16.4. The number of hydrogen-bond acceptors (Lipinski definition) is 3. The summed E-state index contributed by atoms with van der Waals surface area (Å²) >= 11 is 0. The fourth-order valence-electron chi connectivity index (χ4n) is 1.71. The van der Waals surface area contributed by atoms with Gasteiger partial charge in [-0.25, -0.2) is 9.59 Å². The van der Waals surface area contributed by atoms with Crippen molar-refractivity contribution in [2.75, 3.05) is 25.5 Å². The van der Waals surface area contributed by atoms with Crippen LogP contribution in [0.2, 0.25) is 0 Å². The summed E-state index contributed by atoms with van der Waals surface area (Å²) in [7, 11) is 1.50. The number of nitrogens with one attached hydrogen (secondary N) is 2. The van der Waals surface area contributed by atoms with Gasteiger partial charge in [-0.05, 0) is 37.6 Å². The maximum atomic E-state index is 12.1. The molecule has 21 heavy (non-hydrogen) atoms. The van der Waals surface area contributed by atoms with Gasteiger partial charge in [-0.15, -0.1) is 0 Å². The molecule has 0 aliphatic heterocycles. The lowest BCUT2D eigenvalue weighted by Gasteiger charge is -2.21. The van der Waals surface area contributed by atoms with Crippen LogP contribution in [0.25, 0.3) is 0 Å². The van der Waals surface area contributed by atoms with Crippen molar-refractivity contribution >= 4 is 23.6 Å². The monoisotopic (exact) mass is 293 g/mol. The number of carbonyl (C=O) groups is 3. The Morgan fingerprint density at radius 3 is 2.43 bits per heavy atom. The largest absolute Gasteiger partial charge is 0.478 e. The number of aryl methyl sites for hydroxylation is 1. The molecule has 3 N–H and O–H groups in total. The standard InChI is InChI=1S/C14H19N3O4/c1-4-17(8-12(18)15-3)14(21)16-11-6-5-10(13(19)20)7-9(11)2/h5-7H,4,8H2,1-3H3,(H,15,18)(H,16,21)(H,19,20). The van der Waals surface area contributed by atoms with Crippen molar-refractivity contribution in [3.05, 3.63) is 29.3 Å². The highest BCUT2D eigenvalue weighted by Crippen LogP contribution is 2.17. The highest BCUT2D eigenvalue weighted by Gasteiger charge is 2.16. The molecule has 0 fully saturated rings. The maximum Gasteiger partial charge on any atom is 0.335 e. The van der Waals surface area contributed by atoms with Gasteiger partial charge in [-0.3, -0.25) is 4.79 Å². The van der Waals surface area contributed by atoms with Crippen LogP contribution < -0.4 is 10.6 Å². The Labute approximate surface area is 122 Å². The molecular weight excluding hydrogens is 274 g/mol. The molecular formula is C14H19N3O4. The van der Waals surface area contributed by atoms with Gasteiger partial charge in [0.15, 0.2) is 0 Å². The van der Waals surface area contributed by atoms with Crippen molar-refractivity contribution in [3.8, 4) is 0 Å². The van der Waals surface area contributed by atoms with Crippen LogP contribution in [0.5, 0.6) is 0 Å². The van der Waals surface area contributed by atoms with E-state index < -0.39 is 12.0 Å². The van der Waals surface area contributed by atoms with Crippen LogP contribution in [0.4, 0.5) is 10.5 Å². The summed E-state index contributed by atoms with van der Waals surface area (Å²) in [6.45, 7) is 3.82. The van der Waals surface area contributed by atoms with E-state index in [2.05, 4.69) is 10.6 Å². The molecule has 7 nitrogen and oxygen atoms in total. The van der Waals surface area contributed by atoms with Crippen LogP contribution in [0.1, 0.15) is 22.8 Å². The molecule has 114 valence electrons. The Morgan fingerprint density at radius 1 is 1.29 bits per heavy atom. The fraction of sp³-hybridized carbons (Fsp3) is 0.357. The zero-order valence-corrected chi connectivity index (χ0v) is 12.3. The number of carbonyl (C=O) groups excluding carboxylic acids is 2. The van der Waals surface area contributed by atoms with Crippen molar-refractivity contribution in [3.63, 3.8) is 0 Å². The predicted molar refractivity (Wildman–Crippen MR) is 78.5 cm³/mol. The third kappa shape index (κ3) is 4.48. The van der Waals surface area contributed by atoms with Gasteiger partial charge in [-0.2, -0.15) is 0 Å². The number of anilines is 1. The van der Waals surface area contributed by atoms with Gasteiger partial charge < -0.3 is 20.6 Å². The Balaban J connectivity index is 2.82. The first kappa shape index (κ1) is 16.5. The second-order valence-corrected chi connectivity index (χ2v) is 4.45. The summed E-state index contributed by atoms with van der Waals surface area (Å²) < 4.78 is 0. The molecule has 0 heterocycles. The minimum absolute atomic E-state index is 0.0366. The summed E-state index contributed by atoms with van der Waals surface area (Å²) in [6, 6.07) is 4.02. The zero-order valence-electron chi connectivity index (χ0n) is 12.3. The van der Waals surface area contributed by atoms with Gasteiger partial charge in [0.25, 0.3) is 0 Å². The molecule has 0 unspecified atom stereocenters. The van der Waals surface area contributed by atoms with E-state index in [4.69, 9.17) is 5.11 Å². The number of carboxylic acid groups (broad SMARTS) is 1. The first-order chi connectivity index (χ1) is 9.88. The van der Waals surface area contributed by atoms with E-state index in [1.165, 1.54) is 30.1 Å². The Morgan fingerprint density at radius 2 is 1.95 bits per heavy atom. The van der Waals surface area contributed by atoms with E-state index in [-0.39, 0.29) is 18.0 Å². The molecule has 0 bridgehead atoms. The second-order valence-electron chi connectivity index (χ2n) is 4.45. The average Bonchev–Trinajstić information content (AvgIpc) is 2.46. The van der Waals surface area contributed by atoms with Gasteiger partial charge in [0, 0.05) is 19.3 Å². The Bertz CT molecular complexity index is 557. The van der Waals surface area contributed by atoms with Gasteiger partial charge in [0.05, 0.1) is 5.56 Å². The summed E-state index contributed by atoms with van der Waals surface area (Å²) in [5.41, 5.74) is 1.31. The van der Waals surface area contributed by atoms with Gasteiger partial charge >= 0.3 is 12.0 Å². The number of aromatic carboxylic acids is 1. The van der Waals surface area contributed by atoms with Gasteiger partial charge in [0.1, 0.15) is 6.54 Å². The van der Waals surface area contributed by atoms with E-state index in [0.717, 1.165) is 0 Å². The van der Waals surface area contributed by atoms with E-state index in [0.29, 0.717) is 17.8 Å². The lowest BCUT2D eigenvalue weighted by Crippen LogP contribution is -2.41. The van der Waals surface area contributed by atoms with Gasteiger partial charge in [0.2, 0.25) is 5.91 Å². The van der Waals surface area contributed by atoms with E-state index in [1.807, 2.05) is 0 Å². The summed E-state index contributed by atoms with van der Waals surface area (Å²) in [5, 5.41) is 14.0. The van der Waals surface area contributed by atoms with Crippen LogP contribution in [0.15, 0.2) is 18.2 Å². The molecule has 1 aromatic carbocycles. The molecule has 0 atom stereocenters. The van der Waals surface area contributed by atoms with Crippen molar-refractivity contribution < 1.29 is 19.5 Å². The Hall–Kier alpha value is -2.57. The molecule has 0 aliphatic rings. The third-order valence-corrected chi connectivity index (χ3v) is 3.00. The zero-order chi connectivity index (χ0) is 16.0. The summed E-state index contributed by atoms with van der Waals surface area (Å²) in [4.78, 5) is 35.6. The van der Waals surface area contributed by atoms with Crippen LogP contribution in [0.3, 0.4) is 0 Å². The van der Waals surface area contributed by atoms with Crippen molar-refractivity contribution in [1.29, 1.82) is 0 Å². The van der Waals surface area contributed by atoms with E-state index in [9.17, 15) is 14.4 Å². The van der Waals surface area contributed by atoms with Crippen LogP contribution in [-0.4, -0.2) is 48.1 Å². The number of urea groups is 1. The smallest absolute Gasteiger partial charge is 0.335 e. The number of benzene rings is 1. The minimum Gasteiger partial charge on any atom is -0.478 e. The second kappa shape index (κ2) is 7.28. The Kier molecular flexibility index (Phi) is 5.71. The first-order valence-electron chi connectivity index (χ1n) is 6.49. The SMILES string of the molecule is CCN(CC(=O)NC)C(=O)Nc1ccc(C(=O)O)cc1C. The van der Waals surface area contributed by atoms with Crippen LogP contribution in [-0.2, 0) is 4.79 Å². The molecule has 0 spiro atoms. The van der Waals surface area contributed by atoms with E-state index in [1.54, 1.807) is 13.8 Å². The van der Waals surface area contributed by atoms with Crippen molar-refractivity contribution in [2.45, 2.75) is 13.8 Å². The normalized spacial score (nSPS) is 9.86. The fourth-order valence-corrected chi connectivity index (χ4v) is 1.71. The summed E-state index contributed by atoms with van der Waals surface area (Å²) in [5.74, 6) is -1.28. The molecule has 0 saturated heterocycles. The lowest BCUT2D eigenvalue weighted by atomic mass is 10.1. The van der Waals surface area contributed by atoms with Crippen LogP contribution in [0, 0.1) is 6.92 Å². The van der Waals surface area contributed by atoms with Gasteiger partial charge in [-0.1, -0.05) is 0 Å². The molecule has 3 amide bonds. The molecule has 7 heteroatoms. The number of amides is 3. The minimum atomic E-state index is -1.02. The highest BCUT2D eigenvalue weighted by molar-refractivity contribution is 5.94. The average molecular weight is 293 g/mol. The number of carboxylic acids is 1. The molecule has 0 radical (unpaired) electrons. The van der Waals surface area contributed by atoms with E-state index >= 15 is 0 Å². The predicted octanol–water partition coefficient (Wildman–Crippen LogP) is 1.29. The third-order valence-electron chi connectivity index (χ3n) is 3.00. The molecule has 1 aromatic rings. The molecule has 0 saturated carbocycles. The topological polar surface area (TPSA) is 98.7 Å². The van der Waals surface area contributed by atoms with Crippen molar-refractivity contribution in [1.82, 2.24) is 10.2 Å². The number of nitrogens with zero attached hydrogens (tertiary/aromatic N) is 1. The molecule has 0 aromatic heterocycles. The molecule has 1 rings (SSSR count). The summed E-state index contributed by atoms with van der Waals surface area (Å²) in [6.07, 6.45) is 0. The molecule has 0 aliphatic carbocycles. The lowest BCUT2D eigenvalue weighted by molar-refractivity contribution is -0.121. The van der Waals surface area contributed by atoms with Crippen LogP contribution >= 0.6 is 0 Å². The van der Waals surface area contributed by atoms with Crippen molar-refractivity contribution in [2.24, 2.45) is 0 Å². The first-order valence-corrected chi connectivity index (χ1v) is 6.49.